The lowest BCUT2D eigenvalue weighted by molar-refractivity contribution is 0.0993. The number of halogens is 3. The molecule has 0 radical (unpaired) electrons. The third kappa shape index (κ3) is 3.38. The summed E-state index contributed by atoms with van der Waals surface area (Å²) < 4.78 is 0. The second kappa shape index (κ2) is 5.78. The Morgan fingerprint density at radius 1 is 1.11 bits per heavy atom. The summed E-state index contributed by atoms with van der Waals surface area (Å²) in [5.74, 6) is -0.269. The summed E-state index contributed by atoms with van der Waals surface area (Å²) in [7, 11) is 0. The molecular weight excluding hydrogens is 309 g/mol. The van der Waals surface area contributed by atoms with Crippen molar-refractivity contribution in [3.8, 4) is 0 Å². The van der Waals surface area contributed by atoms with Gasteiger partial charge in [0.25, 0.3) is 5.56 Å². The van der Waals surface area contributed by atoms with Crippen molar-refractivity contribution in [3.05, 3.63) is 67.0 Å². The Labute approximate surface area is 124 Å². The maximum absolute atomic E-state index is 12.1. The van der Waals surface area contributed by atoms with Crippen LogP contribution in [0.2, 0.25) is 15.1 Å². The molecule has 1 heterocycles. The number of ketones is 1. The molecule has 0 atom stereocenters. The summed E-state index contributed by atoms with van der Waals surface area (Å²) in [5.41, 5.74) is 0.275. The van der Waals surface area contributed by atoms with E-state index in [1.54, 1.807) is 6.07 Å². The zero-order valence-electron chi connectivity index (χ0n) is 9.54. The molecule has 0 amide bonds. The molecular formula is C13H8Cl3NO2. The molecule has 3 nitrogen and oxygen atoms in total. The van der Waals surface area contributed by atoms with Gasteiger partial charge in [-0.15, -0.1) is 0 Å². The third-order valence-electron chi connectivity index (χ3n) is 2.53. The fraction of sp³-hybridized carbons (Fsp3) is 0.0769. The Hall–Kier alpha value is -1.29. The van der Waals surface area contributed by atoms with E-state index in [0.717, 1.165) is 0 Å². The normalized spacial score (nSPS) is 10.5. The lowest BCUT2D eigenvalue weighted by Gasteiger charge is -2.04. The van der Waals surface area contributed by atoms with E-state index in [2.05, 4.69) is 4.98 Å². The monoisotopic (exact) mass is 315 g/mol. The predicted octanol–water partition coefficient (Wildman–Crippen LogP) is 3.76. The van der Waals surface area contributed by atoms with Gasteiger partial charge in [-0.2, -0.15) is 0 Å². The number of aromatic amines is 1. The highest BCUT2D eigenvalue weighted by atomic mass is 35.5. The minimum atomic E-state index is -0.345. The summed E-state index contributed by atoms with van der Waals surface area (Å²) in [5, 5.41) is 1.07. The average Bonchev–Trinajstić information content (AvgIpc) is 2.33. The van der Waals surface area contributed by atoms with Crippen LogP contribution >= 0.6 is 34.8 Å². The number of rotatable bonds is 3. The molecule has 0 spiro atoms. The number of carbonyl (C=O) groups excluding carboxylic acids is 1. The van der Waals surface area contributed by atoms with E-state index in [1.165, 1.54) is 24.4 Å². The van der Waals surface area contributed by atoms with E-state index < -0.39 is 0 Å². The van der Waals surface area contributed by atoms with Crippen molar-refractivity contribution < 1.29 is 4.79 Å². The van der Waals surface area contributed by atoms with Gasteiger partial charge in [-0.1, -0.05) is 34.8 Å². The van der Waals surface area contributed by atoms with Gasteiger partial charge >= 0.3 is 0 Å². The first-order valence-electron chi connectivity index (χ1n) is 5.33. The lowest BCUT2D eigenvalue weighted by Crippen LogP contribution is -2.16. The minimum Gasteiger partial charge on any atom is -0.327 e. The van der Waals surface area contributed by atoms with Crippen LogP contribution in [0.4, 0.5) is 0 Å². The van der Waals surface area contributed by atoms with Crippen LogP contribution in [0.15, 0.2) is 35.3 Å². The molecule has 1 aromatic heterocycles. The molecule has 1 N–H and O–H groups in total. The van der Waals surface area contributed by atoms with Crippen molar-refractivity contribution in [2.24, 2.45) is 0 Å². The molecule has 19 heavy (non-hydrogen) atoms. The van der Waals surface area contributed by atoms with Crippen molar-refractivity contribution >= 4 is 40.6 Å². The molecule has 0 bridgehead atoms. The molecule has 0 aliphatic rings. The fourth-order valence-corrected chi connectivity index (χ4v) is 2.32. The van der Waals surface area contributed by atoms with Gasteiger partial charge in [-0.05, 0) is 24.3 Å². The first-order chi connectivity index (χ1) is 8.97. The summed E-state index contributed by atoms with van der Waals surface area (Å²) in [4.78, 5) is 26.1. The number of hydrogen-bond acceptors (Lipinski definition) is 2. The van der Waals surface area contributed by atoms with Crippen LogP contribution in [0.1, 0.15) is 15.9 Å². The molecule has 0 unspecified atom stereocenters. The van der Waals surface area contributed by atoms with Gasteiger partial charge in [0.15, 0.2) is 5.78 Å². The van der Waals surface area contributed by atoms with Crippen molar-refractivity contribution in [2.45, 2.75) is 6.42 Å². The molecule has 6 heteroatoms. The number of H-pyrrole nitrogens is 1. The maximum atomic E-state index is 12.1. The van der Waals surface area contributed by atoms with Crippen LogP contribution < -0.4 is 5.56 Å². The highest BCUT2D eigenvalue weighted by Gasteiger charge is 2.13. The van der Waals surface area contributed by atoms with Gasteiger partial charge < -0.3 is 4.98 Å². The number of aromatic nitrogens is 1. The number of Topliss-reactive ketones (excluding diaryl/α,β-unsaturated/α-hetero) is 1. The van der Waals surface area contributed by atoms with Crippen LogP contribution in [0.25, 0.3) is 0 Å². The van der Waals surface area contributed by atoms with Crippen molar-refractivity contribution in [1.82, 2.24) is 4.98 Å². The van der Waals surface area contributed by atoms with E-state index in [0.29, 0.717) is 21.2 Å². The van der Waals surface area contributed by atoms with E-state index in [-0.39, 0.29) is 22.8 Å². The number of hydrogen-bond donors (Lipinski definition) is 1. The summed E-state index contributed by atoms with van der Waals surface area (Å²) in [6.07, 6.45) is 1.30. The van der Waals surface area contributed by atoms with Crippen molar-refractivity contribution in [1.29, 1.82) is 0 Å². The second-order valence-electron chi connectivity index (χ2n) is 3.90. The smallest absolute Gasteiger partial charge is 0.251 e. The van der Waals surface area contributed by atoms with Crippen LogP contribution in [-0.4, -0.2) is 10.8 Å². The summed E-state index contributed by atoms with van der Waals surface area (Å²) >= 11 is 17.5. The predicted molar refractivity (Wildman–Crippen MR) is 76.6 cm³/mol. The topological polar surface area (TPSA) is 49.9 Å². The van der Waals surface area contributed by atoms with Gasteiger partial charge in [0.1, 0.15) is 0 Å². The molecule has 0 aliphatic carbocycles. The van der Waals surface area contributed by atoms with Crippen molar-refractivity contribution in [2.75, 3.05) is 0 Å². The summed E-state index contributed by atoms with van der Waals surface area (Å²) in [6, 6.07) is 6.05. The molecule has 0 saturated carbocycles. The van der Waals surface area contributed by atoms with E-state index in [4.69, 9.17) is 34.8 Å². The Balaban J connectivity index is 2.31. The number of benzene rings is 1. The Morgan fingerprint density at radius 2 is 1.84 bits per heavy atom. The fourth-order valence-electron chi connectivity index (χ4n) is 1.62. The third-order valence-corrected chi connectivity index (χ3v) is 3.29. The largest absolute Gasteiger partial charge is 0.327 e. The maximum Gasteiger partial charge on any atom is 0.251 e. The zero-order chi connectivity index (χ0) is 14.0. The Morgan fingerprint density at radius 3 is 2.53 bits per heavy atom. The van der Waals surface area contributed by atoms with E-state index >= 15 is 0 Å². The average molecular weight is 317 g/mol. The minimum absolute atomic E-state index is 0.0722. The molecule has 0 saturated heterocycles. The molecule has 0 aliphatic heterocycles. The SMILES string of the molecule is O=C(Cc1cc(Cl)c[nH]c1=O)c1ccc(Cl)cc1Cl. The first kappa shape index (κ1) is 14.1. The van der Waals surface area contributed by atoms with Crippen LogP contribution in [-0.2, 0) is 6.42 Å². The number of carbonyl (C=O) groups is 1. The molecule has 2 aromatic rings. The highest BCUT2D eigenvalue weighted by molar-refractivity contribution is 6.36. The Kier molecular flexibility index (Phi) is 4.30. The molecule has 2 rings (SSSR count). The number of nitrogens with one attached hydrogen (secondary N) is 1. The second-order valence-corrected chi connectivity index (χ2v) is 5.18. The molecule has 1 aromatic carbocycles. The highest BCUT2D eigenvalue weighted by Crippen LogP contribution is 2.22. The first-order valence-corrected chi connectivity index (χ1v) is 6.46. The van der Waals surface area contributed by atoms with Gasteiger partial charge in [-0.25, -0.2) is 0 Å². The van der Waals surface area contributed by atoms with Crippen LogP contribution in [0.5, 0.6) is 0 Å². The van der Waals surface area contributed by atoms with Gasteiger partial charge in [0.2, 0.25) is 0 Å². The quantitative estimate of drug-likeness (QED) is 0.877. The van der Waals surface area contributed by atoms with E-state index in [9.17, 15) is 9.59 Å². The lowest BCUT2D eigenvalue weighted by atomic mass is 10.0. The Bertz CT molecular complexity index is 695. The number of pyridine rings is 1. The van der Waals surface area contributed by atoms with Crippen LogP contribution in [0, 0.1) is 0 Å². The zero-order valence-corrected chi connectivity index (χ0v) is 11.8. The van der Waals surface area contributed by atoms with Gasteiger partial charge in [0, 0.05) is 28.8 Å². The van der Waals surface area contributed by atoms with E-state index in [1.807, 2.05) is 0 Å². The van der Waals surface area contributed by atoms with Gasteiger partial charge in [0.05, 0.1) is 10.0 Å². The van der Waals surface area contributed by atoms with Crippen molar-refractivity contribution in [3.63, 3.8) is 0 Å². The molecule has 98 valence electrons. The van der Waals surface area contributed by atoms with Gasteiger partial charge in [-0.3, -0.25) is 9.59 Å². The summed E-state index contributed by atoms with van der Waals surface area (Å²) in [6.45, 7) is 0. The standard InChI is InChI=1S/C13H8Cl3NO2/c14-8-1-2-10(11(16)5-8)12(18)4-7-3-9(15)6-17-13(7)19/h1-3,5-6H,4H2,(H,17,19). The van der Waals surface area contributed by atoms with Crippen LogP contribution in [0.3, 0.4) is 0 Å². The molecule has 0 fully saturated rings.